The lowest BCUT2D eigenvalue weighted by atomic mass is 10.0. The van der Waals surface area contributed by atoms with Crippen LogP contribution in [0.25, 0.3) is 0 Å². The van der Waals surface area contributed by atoms with Gasteiger partial charge in [-0.05, 0) is 48.6 Å². The molecule has 0 bridgehead atoms. The molecule has 30 heavy (non-hydrogen) atoms. The summed E-state index contributed by atoms with van der Waals surface area (Å²) in [6.07, 6.45) is 0. The number of nitrogens with two attached hydrogens (primary N) is 1. The van der Waals surface area contributed by atoms with Crippen molar-refractivity contribution in [3.63, 3.8) is 0 Å². The molecule has 0 saturated heterocycles. The summed E-state index contributed by atoms with van der Waals surface area (Å²) < 4.78 is 32.4. The number of hydrogen-bond acceptors (Lipinski definition) is 6. The summed E-state index contributed by atoms with van der Waals surface area (Å²) in [6, 6.07) is 8.33. The standard InChI is InChI=1S/C14H13Br2N3O8P2S/c15-9-1-7(3-11(5-9)26-28(20,21)22)13(18-19-14(17)30)8-2-10(16)6-12(4-8)27-29(23,24)25/h1-6H,(H3,17,19,30)(H2,20,21,22)(H2,23,24,25). The van der Waals surface area contributed by atoms with Crippen molar-refractivity contribution in [2.75, 3.05) is 0 Å². The van der Waals surface area contributed by atoms with Gasteiger partial charge in [0.2, 0.25) is 0 Å². The highest BCUT2D eigenvalue weighted by Crippen LogP contribution is 2.40. The Hall–Kier alpha value is -1.34. The Balaban J connectivity index is 2.63. The van der Waals surface area contributed by atoms with Gasteiger partial charge in [-0.1, -0.05) is 31.9 Å². The second kappa shape index (κ2) is 9.86. The molecule has 16 heteroatoms. The maximum Gasteiger partial charge on any atom is 0.524 e. The molecule has 0 amide bonds. The number of hydrazone groups is 1. The number of halogens is 2. The minimum Gasteiger partial charge on any atom is -0.404 e. The Morgan fingerprint density at radius 2 is 1.30 bits per heavy atom. The summed E-state index contributed by atoms with van der Waals surface area (Å²) in [7, 11) is -9.66. The number of phosphoric ester groups is 2. The number of nitrogens with one attached hydrogen (secondary N) is 1. The average molecular weight is 605 g/mol. The van der Waals surface area contributed by atoms with E-state index in [4.69, 9.17) is 37.5 Å². The monoisotopic (exact) mass is 603 g/mol. The molecule has 0 aromatic heterocycles. The Kier molecular flexibility index (Phi) is 8.19. The molecule has 0 aliphatic rings. The smallest absolute Gasteiger partial charge is 0.404 e. The Morgan fingerprint density at radius 1 is 0.900 bits per heavy atom. The number of benzene rings is 2. The van der Waals surface area contributed by atoms with Crippen molar-refractivity contribution < 1.29 is 37.8 Å². The zero-order valence-electron chi connectivity index (χ0n) is 14.5. The maximum absolute atomic E-state index is 11.2. The van der Waals surface area contributed by atoms with E-state index in [-0.39, 0.29) is 33.5 Å². The highest BCUT2D eigenvalue weighted by molar-refractivity contribution is 9.10. The molecule has 0 saturated carbocycles. The molecule has 2 aromatic rings. The van der Waals surface area contributed by atoms with Gasteiger partial charge in [-0.15, -0.1) is 0 Å². The fraction of sp³-hybridized carbons (Fsp3) is 0. The van der Waals surface area contributed by atoms with E-state index in [0.717, 1.165) is 0 Å². The van der Waals surface area contributed by atoms with Crippen LogP contribution >= 0.6 is 59.7 Å². The predicted molar refractivity (Wildman–Crippen MR) is 119 cm³/mol. The first kappa shape index (κ1) is 24.9. The molecule has 11 nitrogen and oxygen atoms in total. The van der Waals surface area contributed by atoms with Gasteiger partial charge in [0.1, 0.15) is 11.5 Å². The molecule has 0 heterocycles. The van der Waals surface area contributed by atoms with Crippen LogP contribution in [0, 0.1) is 0 Å². The molecule has 0 spiro atoms. The lowest BCUT2D eigenvalue weighted by molar-refractivity contribution is 0.281. The first-order valence-electron chi connectivity index (χ1n) is 7.47. The fourth-order valence-electron chi connectivity index (χ4n) is 2.19. The Bertz CT molecular complexity index is 1030. The Morgan fingerprint density at radius 3 is 1.63 bits per heavy atom. The van der Waals surface area contributed by atoms with E-state index in [0.29, 0.717) is 8.95 Å². The Labute approximate surface area is 192 Å². The second-order valence-electron chi connectivity index (χ2n) is 5.45. The maximum atomic E-state index is 11.2. The van der Waals surface area contributed by atoms with Crippen LogP contribution in [-0.4, -0.2) is 30.4 Å². The van der Waals surface area contributed by atoms with Crippen LogP contribution in [0.3, 0.4) is 0 Å². The van der Waals surface area contributed by atoms with Gasteiger partial charge in [0, 0.05) is 20.1 Å². The van der Waals surface area contributed by atoms with E-state index in [1.54, 1.807) is 12.1 Å². The van der Waals surface area contributed by atoms with Crippen LogP contribution < -0.4 is 20.2 Å². The molecular weight excluding hydrogens is 592 g/mol. The molecule has 0 unspecified atom stereocenters. The van der Waals surface area contributed by atoms with Crippen molar-refractivity contribution in [2.45, 2.75) is 0 Å². The van der Waals surface area contributed by atoms with E-state index in [1.165, 1.54) is 24.3 Å². The largest absolute Gasteiger partial charge is 0.524 e. The fourth-order valence-corrected chi connectivity index (χ4v) is 3.94. The van der Waals surface area contributed by atoms with Crippen LogP contribution in [0.15, 0.2) is 50.4 Å². The number of phosphoric acid groups is 2. The van der Waals surface area contributed by atoms with Crippen LogP contribution in [-0.2, 0) is 9.13 Å². The first-order chi connectivity index (χ1) is 13.7. The minimum atomic E-state index is -4.83. The molecular formula is C14H13Br2N3O8P2S. The number of thiocarbonyl (C=S) groups is 1. The lowest BCUT2D eigenvalue weighted by Gasteiger charge is -2.14. The molecule has 0 aliphatic heterocycles. The number of rotatable bonds is 7. The van der Waals surface area contributed by atoms with Crippen molar-refractivity contribution in [1.29, 1.82) is 0 Å². The van der Waals surface area contributed by atoms with Crippen molar-refractivity contribution in [3.8, 4) is 11.5 Å². The molecule has 7 N–H and O–H groups in total. The number of nitrogens with zero attached hydrogens (tertiary/aromatic N) is 1. The molecule has 2 rings (SSSR count). The third-order valence-corrected chi connectivity index (χ3v) is 4.92. The van der Waals surface area contributed by atoms with Gasteiger partial charge in [0.15, 0.2) is 5.11 Å². The molecule has 0 fully saturated rings. The van der Waals surface area contributed by atoms with Crippen molar-refractivity contribution in [1.82, 2.24) is 5.43 Å². The molecule has 0 atom stereocenters. The van der Waals surface area contributed by atoms with Crippen molar-refractivity contribution in [2.24, 2.45) is 10.8 Å². The van der Waals surface area contributed by atoms with Crippen LogP contribution in [0.1, 0.15) is 11.1 Å². The van der Waals surface area contributed by atoms with E-state index in [9.17, 15) is 9.13 Å². The third kappa shape index (κ3) is 8.42. The highest BCUT2D eigenvalue weighted by atomic mass is 79.9. The van der Waals surface area contributed by atoms with Gasteiger partial charge in [0.05, 0.1) is 5.71 Å². The van der Waals surface area contributed by atoms with Crippen LogP contribution in [0.5, 0.6) is 11.5 Å². The normalized spacial score (nSPS) is 11.5. The predicted octanol–water partition coefficient (Wildman–Crippen LogP) is 2.74. The van der Waals surface area contributed by atoms with Gasteiger partial charge < -0.3 is 14.8 Å². The van der Waals surface area contributed by atoms with Gasteiger partial charge >= 0.3 is 15.6 Å². The van der Waals surface area contributed by atoms with Crippen molar-refractivity contribution in [3.05, 3.63) is 56.5 Å². The highest BCUT2D eigenvalue weighted by Gasteiger charge is 2.20. The summed E-state index contributed by atoms with van der Waals surface area (Å²) in [6.45, 7) is 0. The molecule has 0 radical (unpaired) electrons. The van der Waals surface area contributed by atoms with Gasteiger partial charge in [-0.3, -0.25) is 25.0 Å². The molecule has 0 aliphatic carbocycles. The van der Waals surface area contributed by atoms with Gasteiger partial charge in [0.25, 0.3) is 0 Å². The first-order valence-corrected chi connectivity index (χ1v) is 12.5. The zero-order valence-corrected chi connectivity index (χ0v) is 20.2. The quantitative estimate of drug-likeness (QED) is 0.118. The van der Waals surface area contributed by atoms with Crippen molar-refractivity contribution >= 4 is 70.5 Å². The van der Waals surface area contributed by atoms with E-state index < -0.39 is 15.6 Å². The lowest BCUT2D eigenvalue weighted by Crippen LogP contribution is -2.26. The number of hydrogen-bond donors (Lipinski definition) is 6. The third-order valence-electron chi connectivity index (χ3n) is 3.02. The summed E-state index contributed by atoms with van der Waals surface area (Å²) in [4.78, 5) is 36.3. The summed E-state index contributed by atoms with van der Waals surface area (Å²) in [5.41, 5.74) is 8.53. The second-order valence-corrected chi connectivity index (χ2v) is 10.1. The van der Waals surface area contributed by atoms with E-state index in [1.807, 2.05) is 0 Å². The van der Waals surface area contributed by atoms with E-state index in [2.05, 4.69) is 51.4 Å². The minimum absolute atomic E-state index is 0.136. The average Bonchev–Trinajstić information content (AvgIpc) is 2.50. The SMILES string of the molecule is NC(=S)NN=C(c1cc(Br)cc(OP(=O)(O)O)c1)c1cc(Br)cc(OP(=O)(O)O)c1. The zero-order chi connectivity index (χ0) is 22.7. The molecule has 2 aromatic carbocycles. The van der Waals surface area contributed by atoms with E-state index >= 15 is 0 Å². The van der Waals surface area contributed by atoms with Crippen LogP contribution in [0.2, 0.25) is 0 Å². The summed E-state index contributed by atoms with van der Waals surface area (Å²) >= 11 is 11.2. The molecule has 162 valence electrons. The summed E-state index contributed by atoms with van der Waals surface area (Å²) in [5, 5.41) is 3.91. The van der Waals surface area contributed by atoms with Crippen LogP contribution in [0.4, 0.5) is 0 Å². The van der Waals surface area contributed by atoms with Gasteiger partial charge in [-0.25, -0.2) is 9.13 Å². The topological polar surface area (TPSA) is 184 Å². The van der Waals surface area contributed by atoms with Gasteiger partial charge in [-0.2, -0.15) is 5.10 Å². The summed E-state index contributed by atoms with van der Waals surface area (Å²) in [5.74, 6) is -0.338.